The molecule has 1 amide bonds. The second-order valence-corrected chi connectivity index (χ2v) is 8.23. The summed E-state index contributed by atoms with van der Waals surface area (Å²) in [6, 6.07) is 7.78. The number of nitrogens with zero attached hydrogens (tertiary/aromatic N) is 3. The number of rotatable bonds is 3. The Morgan fingerprint density at radius 3 is 2.92 bits per heavy atom. The van der Waals surface area contributed by atoms with Gasteiger partial charge in [-0.2, -0.15) is 0 Å². The van der Waals surface area contributed by atoms with E-state index in [1.165, 1.54) is 23.1 Å². The van der Waals surface area contributed by atoms with Crippen LogP contribution in [0.25, 0.3) is 10.2 Å². The van der Waals surface area contributed by atoms with E-state index in [1.807, 2.05) is 38.1 Å². The third-order valence-electron chi connectivity index (χ3n) is 4.50. The number of anilines is 1. The van der Waals surface area contributed by atoms with Crippen molar-refractivity contribution in [2.24, 2.45) is 5.92 Å². The summed E-state index contributed by atoms with van der Waals surface area (Å²) in [7, 11) is 0. The van der Waals surface area contributed by atoms with Gasteiger partial charge in [-0.05, 0) is 25.5 Å². The van der Waals surface area contributed by atoms with Gasteiger partial charge in [0, 0.05) is 23.6 Å². The fourth-order valence-electron chi connectivity index (χ4n) is 3.09. The van der Waals surface area contributed by atoms with Crippen LogP contribution in [0.15, 0.2) is 34.2 Å². The molecular weight excluding hydrogens is 368 g/mol. The molecule has 0 fully saturated rings. The van der Waals surface area contributed by atoms with Crippen LogP contribution in [-0.4, -0.2) is 26.2 Å². The van der Waals surface area contributed by atoms with Crippen molar-refractivity contribution in [1.29, 1.82) is 0 Å². The Kier molecular flexibility index (Phi) is 4.54. The highest BCUT2D eigenvalue weighted by Gasteiger charge is 2.28. The molecule has 6 nitrogen and oxygen atoms in total. The number of carbonyl (C=O) groups excluding carboxylic acids is 1. The summed E-state index contributed by atoms with van der Waals surface area (Å²) >= 11 is 2.92. The molecule has 0 saturated heterocycles. The third-order valence-corrected chi connectivity index (χ3v) is 6.59. The number of fused-ring (bicyclic) bond motifs is 2. The first kappa shape index (κ1) is 17.2. The van der Waals surface area contributed by atoms with Gasteiger partial charge in [0.05, 0.1) is 16.1 Å². The number of para-hydroxylation sites is 1. The number of carbonyl (C=O) groups is 1. The van der Waals surface area contributed by atoms with Gasteiger partial charge in [-0.25, -0.2) is 9.97 Å². The maximum absolute atomic E-state index is 12.7. The molecule has 0 saturated carbocycles. The number of aryl methyl sites for hydroxylation is 1. The number of hydrogen-bond donors (Lipinski definition) is 1. The molecule has 1 aliphatic heterocycles. The minimum atomic E-state index is -0.286. The molecule has 1 unspecified atom stereocenters. The standard InChI is InChI=1S/C18H18N4O2S2/c1-3-12-10(2)19-18-22(16(12)24)8-11(9-25-18)15(23)21-17-20-13-6-4-5-7-14(13)26-17/h4-7,11H,3,8-9H2,1-2H3,(H,20,21,23). The average molecular weight is 387 g/mol. The second-order valence-electron chi connectivity index (χ2n) is 6.21. The van der Waals surface area contributed by atoms with Gasteiger partial charge in [0.2, 0.25) is 5.91 Å². The first-order chi connectivity index (χ1) is 12.6. The lowest BCUT2D eigenvalue weighted by Crippen LogP contribution is -2.38. The van der Waals surface area contributed by atoms with Gasteiger partial charge in [0.15, 0.2) is 10.3 Å². The SMILES string of the molecule is CCc1c(C)nc2n(c1=O)CC(C(=O)Nc1nc3ccccc3s1)CS2. The molecule has 1 N–H and O–H groups in total. The van der Waals surface area contributed by atoms with Crippen LogP contribution in [0, 0.1) is 12.8 Å². The van der Waals surface area contributed by atoms with E-state index in [0.29, 0.717) is 29.0 Å². The van der Waals surface area contributed by atoms with Crippen LogP contribution in [0.1, 0.15) is 18.2 Å². The largest absolute Gasteiger partial charge is 0.302 e. The fourth-order valence-corrected chi connectivity index (χ4v) is 5.08. The Labute approximate surface area is 158 Å². The molecule has 0 bridgehead atoms. The second kappa shape index (κ2) is 6.85. The lowest BCUT2D eigenvalue weighted by atomic mass is 10.1. The normalized spacial score (nSPS) is 16.5. The van der Waals surface area contributed by atoms with Crippen LogP contribution in [0.3, 0.4) is 0 Å². The zero-order chi connectivity index (χ0) is 18.3. The first-order valence-corrected chi connectivity index (χ1v) is 10.3. The third kappa shape index (κ3) is 3.03. The van der Waals surface area contributed by atoms with Crippen molar-refractivity contribution in [3.05, 3.63) is 45.9 Å². The predicted octanol–water partition coefficient (Wildman–Crippen LogP) is 3.08. The summed E-state index contributed by atoms with van der Waals surface area (Å²) in [6.45, 7) is 4.18. The van der Waals surface area contributed by atoms with Gasteiger partial charge in [-0.1, -0.05) is 42.2 Å². The Balaban J connectivity index is 1.56. The Hall–Kier alpha value is -2.19. The average Bonchev–Trinajstić information content (AvgIpc) is 3.04. The fraction of sp³-hybridized carbons (Fsp3) is 0.333. The molecule has 1 aliphatic rings. The Morgan fingerprint density at radius 2 is 2.15 bits per heavy atom. The van der Waals surface area contributed by atoms with Crippen molar-refractivity contribution in [2.45, 2.75) is 32.0 Å². The van der Waals surface area contributed by atoms with Crippen LogP contribution in [0.4, 0.5) is 5.13 Å². The van der Waals surface area contributed by atoms with Gasteiger partial charge in [-0.15, -0.1) is 0 Å². The van der Waals surface area contributed by atoms with Crippen LogP contribution in [-0.2, 0) is 17.8 Å². The number of benzene rings is 1. The lowest BCUT2D eigenvalue weighted by Gasteiger charge is -2.24. The maximum Gasteiger partial charge on any atom is 0.257 e. The summed E-state index contributed by atoms with van der Waals surface area (Å²) in [5.41, 5.74) is 2.36. The Morgan fingerprint density at radius 1 is 1.35 bits per heavy atom. The van der Waals surface area contributed by atoms with Gasteiger partial charge in [-0.3, -0.25) is 14.2 Å². The topological polar surface area (TPSA) is 76.9 Å². The molecule has 1 aromatic carbocycles. The van der Waals surface area contributed by atoms with E-state index in [-0.39, 0.29) is 17.4 Å². The molecule has 0 radical (unpaired) electrons. The van der Waals surface area contributed by atoms with Crippen molar-refractivity contribution < 1.29 is 4.79 Å². The van der Waals surface area contributed by atoms with E-state index in [2.05, 4.69) is 15.3 Å². The number of nitrogens with one attached hydrogen (secondary N) is 1. The van der Waals surface area contributed by atoms with E-state index in [9.17, 15) is 9.59 Å². The van der Waals surface area contributed by atoms with Gasteiger partial charge in [0.1, 0.15) is 0 Å². The minimum Gasteiger partial charge on any atom is -0.302 e. The molecule has 4 rings (SSSR count). The van der Waals surface area contributed by atoms with Gasteiger partial charge >= 0.3 is 0 Å². The maximum atomic E-state index is 12.7. The van der Waals surface area contributed by atoms with E-state index in [4.69, 9.17) is 0 Å². The highest BCUT2D eigenvalue weighted by atomic mass is 32.2. The molecule has 0 aliphatic carbocycles. The molecule has 3 aromatic rings. The molecular formula is C18H18N4O2S2. The minimum absolute atomic E-state index is 0.0278. The molecule has 2 aromatic heterocycles. The van der Waals surface area contributed by atoms with Gasteiger partial charge in [0.25, 0.3) is 5.56 Å². The van der Waals surface area contributed by atoms with E-state index in [0.717, 1.165) is 21.5 Å². The van der Waals surface area contributed by atoms with E-state index in [1.54, 1.807) is 4.57 Å². The van der Waals surface area contributed by atoms with Crippen LogP contribution < -0.4 is 10.9 Å². The van der Waals surface area contributed by atoms with E-state index >= 15 is 0 Å². The number of hydrogen-bond acceptors (Lipinski definition) is 6. The number of thiazole rings is 1. The summed E-state index contributed by atoms with van der Waals surface area (Å²) in [5, 5.41) is 4.21. The summed E-state index contributed by atoms with van der Waals surface area (Å²) in [4.78, 5) is 34.4. The van der Waals surface area contributed by atoms with Crippen molar-refractivity contribution in [2.75, 3.05) is 11.1 Å². The van der Waals surface area contributed by atoms with Gasteiger partial charge < -0.3 is 5.32 Å². The van der Waals surface area contributed by atoms with Crippen LogP contribution >= 0.6 is 23.1 Å². The van der Waals surface area contributed by atoms with Crippen LogP contribution in [0.2, 0.25) is 0 Å². The van der Waals surface area contributed by atoms with Crippen LogP contribution in [0.5, 0.6) is 0 Å². The molecule has 3 heterocycles. The van der Waals surface area contributed by atoms with Crippen molar-refractivity contribution in [1.82, 2.24) is 14.5 Å². The molecule has 0 spiro atoms. The van der Waals surface area contributed by atoms with Crippen molar-refractivity contribution in [3.63, 3.8) is 0 Å². The zero-order valence-electron chi connectivity index (χ0n) is 14.5. The molecule has 1 atom stereocenters. The molecule has 134 valence electrons. The summed E-state index contributed by atoms with van der Waals surface area (Å²) in [6.07, 6.45) is 0.644. The summed E-state index contributed by atoms with van der Waals surface area (Å²) in [5.74, 6) is 0.216. The molecule has 26 heavy (non-hydrogen) atoms. The monoisotopic (exact) mass is 386 g/mol. The number of amides is 1. The first-order valence-electron chi connectivity index (χ1n) is 8.46. The summed E-state index contributed by atoms with van der Waals surface area (Å²) < 4.78 is 2.68. The smallest absolute Gasteiger partial charge is 0.257 e. The number of aromatic nitrogens is 3. The number of thioether (sulfide) groups is 1. The highest BCUT2D eigenvalue weighted by Crippen LogP contribution is 2.29. The highest BCUT2D eigenvalue weighted by molar-refractivity contribution is 7.99. The zero-order valence-corrected chi connectivity index (χ0v) is 16.1. The lowest BCUT2D eigenvalue weighted by molar-refractivity contribution is -0.119. The van der Waals surface area contributed by atoms with Crippen molar-refractivity contribution >= 4 is 44.4 Å². The molecule has 8 heteroatoms. The Bertz CT molecular complexity index is 1020. The van der Waals surface area contributed by atoms with E-state index < -0.39 is 0 Å². The predicted molar refractivity (Wildman–Crippen MR) is 105 cm³/mol. The van der Waals surface area contributed by atoms with Crippen molar-refractivity contribution in [3.8, 4) is 0 Å². The quantitative estimate of drug-likeness (QED) is 0.700.